The molecule has 1 aliphatic rings. The molecule has 1 N–H and O–H groups in total. The molecule has 0 aromatic carbocycles. The Bertz CT molecular complexity index is 419. The monoisotopic (exact) mass is 283 g/mol. The second-order valence-electron chi connectivity index (χ2n) is 6.09. The van der Waals surface area contributed by atoms with Crippen molar-refractivity contribution in [2.24, 2.45) is 18.9 Å². The van der Waals surface area contributed by atoms with Crippen LogP contribution in [-0.2, 0) is 13.5 Å². The van der Waals surface area contributed by atoms with Crippen molar-refractivity contribution >= 4 is 11.6 Å². The third-order valence-electron chi connectivity index (χ3n) is 4.68. The van der Waals surface area contributed by atoms with Crippen molar-refractivity contribution < 1.29 is 0 Å². The van der Waals surface area contributed by atoms with E-state index in [0.717, 1.165) is 34.7 Å². The van der Waals surface area contributed by atoms with Crippen LogP contribution in [-0.4, -0.2) is 22.9 Å². The lowest BCUT2D eigenvalue weighted by Crippen LogP contribution is -2.38. The minimum Gasteiger partial charge on any atom is -0.316 e. The van der Waals surface area contributed by atoms with Gasteiger partial charge in [0.15, 0.2) is 0 Å². The molecule has 1 fully saturated rings. The number of likely N-dealkylation sites (N-methyl/N-ethyl adjacent to an activating group) is 1. The van der Waals surface area contributed by atoms with Crippen molar-refractivity contribution in [2.75, 3.05) is 7.05 Å². The SMILES string of the molecule is CNC(Cc1c(Cl)c(C)nn1C)C1CCC(C)CC1. The van der Waals surface area contributed by atoms with Gasteiger partial charge in [0.05, 0.1) is 16.4 Å². The van der Waals surface area contributed by atoms with E-state index >= 15 is 0 Å². The normalized spacial score (nSPS) is 25.5. The maximum absolute atomic E-state index is 6.37. The molecule has 1 unspecified atom stereocenters. The maximum atomic E-state index is 6.37. The maximum Gasteiger partial charge on any atom is 0.0847 e. The fraction of sp³-hybridized carbons (Fsp3) is 0.800. The molecule has 1 atom stereocenters. The lowest BCUT2D eigenvalue weighted by Gasteiger charge is -2.32. The summed E-state index contributed by atoms with van der Waals surface area (Å²) < 4.78 is 1.94. The first-order chi connectivity index (χ1) is 9.02. The van der Waals surface area contributed by atoms with Crippen LogP contribution >= 0.6 is 11.6 Å². The summed E-state index contributed by atoms with van der Waals surface area (Å²) in [4.78, 5) is 0. The van der Waals surface area contributed by atoms with Crippen molar-refractivity contribution in [3.8, 4) is 0 Å². The number of nitrogens with one attached hydrogen (secondary N) is 1. The number of aromatic nitrogens is 2. The van der Waals surface area contributed by atoms with Gasteiger partial charge in [0, 0.05) is 19.5 Å². The van der Waals surface area contributed by atoms with Crippen molar-refractivity contribution in [2.45, 2.75) is 52.0 Å². The third-order valence-corrected chi connectivity index (χ3v) is 5.17. The standard InChI is InChI=1S/C15H26ClN3/c1-10-5-7-12(8-6-10)13(17-3)9-14-15(16)11(2)18-19(14)4/h10,12-13,17H,5-9H2,1-4H3. The van der Waals surface area contributed by atoms with Crippen molar-refractivity contribution in [3.63, 3.8) is 0 Å². The van der Waals surface area contributed by atoms with Crippen LogP contribution in [0.15, 0.2) is 0 Å². The number of hydrogen-bond donors (Lipinski definition) is 1. The Hall–Kier alpha value is -0.540. The highest BCUT2D eigenvalue weighted by Crippen LogP contribution is 2.32. The summed E-state index contributed by atoms with van der Waals surface area (Å²) in [5.74, 6) is 1.67. The predicted molar refractivity (Wildman–Crippen MR) is 80.6 cm³/mol. The highest BCUT2D eigenvalue weighted by molar-refractivity contribution is 6.31. The molecule has 3 nitrogen and oxygen atoms in total. The average molecular weight is 284 g/mol. The van der Waals surface area contributed by atoms with E-state index in [1.807, 2.05) is 18.7 Å². The molecule has 0 amide bonds. The van der Waals surface area contributed by atoms with E-state index < -0.39 is 0 Å². The molecule has 4 heteroatoms. The Balaban J connectivity index is 2.06. The minimum absolute atomic E-state index is 0.514. The van der Waals surface area contributed by atoms with Gasteiger partial charge >= 0.3 is 0 Å². The van der Waals surface area contributed by atoms with Gasteiger partial charge in [-0.3, -0.25) is 4.68 Å². The average Bonchev–Trinajstić information content (AvgIpc) is 2.63. The van der Waals surface area contributed by atoms with Crippen molar-refractivity contribution in [1.82, 2.24) is 15.1 Å². The minimum atomic E-state index is 0.514. The van der Waals surface area contributed by atoms with Gasteiger partial charge in [-0.1, -0.05) is 31.4 Å². The van der Waals surface area contributed by atoms with Crippen LogP contribution in [0.4, 0.5) is 0 Å². The van der Waals surface area contributed by atoms with Crippen molar-refractivity contribution in [1.29, 1.82) is 0 Å². The molecule has 1 saturated carbocycles. The van der Waals surface area contributed by atoms with Gasteiger partial charge in [0.1, 0.15) is 0 Å². The summed E-state index contributed by atoms with van der Waals surface area (Å²) in [7, 11) is 4.06. The first-order valence-electron chi connectivity index (χ1n) is 7.38. The molecule has 1 aromatic rings. The number of halogens is 1. The topological polar surface area (TPSA) is 29.9 Å². The molecule has 19 heavy (non-hydrogen) atoms. The van der Waals surface area contributed by atoms with E-state index in [2.05, 4.69) is 24.4 Å². The zero-order valence-corrected chi connectivity index (χ0v) is 13.3. The van der Waals surface area contributed by atoms with Gasteiger partial charge in [-0.25, -0.2) is 0 Å². The number of aryl methyl sites for hydroxylation is 2. The summed E-state index contributed by atoms with van der Waals surface area (Å²) in [6, 6.07) is 0.514. The molecule has 1 aromatic heterocycles. The molecule has 0 saturated heterocycles. The lowest BCUT2D eigenvalue weighted by molar-refractivity contribution is 0.233. The lowest BCUT2D eigenvalue weighted by atomic mass is 9.78. The van der Waals surface area contributed by atoms with Crippen LogP contribution in [0.2, 0.25) is 5.02 Å². The summed E-state index contributed by atoms with van der Waals surface area (Å²) in [6.07, 6.45) is 6.37. The second kappa shape index (κ2) is 6.27. The Morgan fingerprint density at radius 3 is 2.47 bits per heavy atom. The van der Waals surface area contributed by atoms with E-state index in [1.165, 1.54) is 25.7 Å². The summed E-state index contributed by atoms with van der Waals surface area (Å²) in [6.45, 7) is 4.34. The van der Waals surface area contributed by atoms with Gasteiger partial charge in [0.2, 0.25) is 0 Å². The van der Waals surface area contributed by atoms with Gasteiger partial charge < -0.3 is 5.32 Å². The van der Waals surface area contributed by atoms with Crippen LogP contribution in [0, 0.1) is 18.8 Å². The Morgan fingerprint density at radius 2 is 2.00 bits per heavy atom. The van der Waals surface area contributed by atoms with E-state index in [-0.39, 0.29) is 0 Å². The third kappa shape index (κ3) is 3.32. The quantitative estimate of drug-likeness (QED) is 0.918. The molecule has 2 rings (SSSR count). The molecule has 1 heterocycles. The van der Waals surface area contributed by atoms with Crippen molar-refractivity contribution in [3.05, 3.63) is 16.4 Å². The van der Waals surface area contributed by atoms with Gasteiger partial charge in [-0.05, 0) is 38.6 Å². The number of rotatable bonds is 4. The van der Waals surface area contributed by atoms with Crippen LogP contribution in [0.3, 0.4) is 0 Å². The molecular weight excluding hydrogens is 258 g/mol. The molecular formula is C15H26ClN3. The molecule has 0 bridgehead atoms. The Morgan fingerprint density at radius 1 is 1.37 bits per heavy atom. The molecule has 0 radical (unpaired) electrons. The van der Waals surface area contributed by atoms with E-state index in [1.54, 1.807) is 0 Å². The summed E-state index contributed by atoms with van der Waals surface area (Å²) >= 11 is 6.37. The Labute approximate surface area is 121 Å². The molecule has 0 spiro atoms. The smallest absolute Gasteiger partial charge is 0.0847 e. The molecule has 108 valence electrons. The van der Waals surface area contributed by atoms with Gasteiger partial charge in [-0.15, -0.1) is 0 Å². The largest absolute Gasteiger partial charge is 0.316 e. The second-order valence-corrected chi connectivity index (χ2v) is 6.47. The first kappa shape index (κ1) is 14.9. The van der Waals surface area contributed by atoms with Gasteiger partial charge in [0.25, 0.3) is 0 Å². The van der Waals surface area contributed by atoms with Crippen LogP contribution < -0.4 is 5.32 Å². The summed E-state index contributed by atoms with van der Waals surface area (Å²) in [5.41, 5.74) is 2.10. The number of hydrogen-bond acceptors (Lipinski definition) is 2. The van der Waals surface area contributed by atoms with Crippen LogP contribution in [0.1, 0.15) is 44.0 Å². The summed E-state index contributed by atoms with van der Waals surface area (Å²) in [5, 5.41) is 8.75. The van der Waals surface area contributed by atoms with E-state index in [4.69, 9.17) is 11.6 Å². The van der Waals surface area contributed by atoms with Crippen LogP contribution in [0.5, 0.6) is 0 Å². The molecule has 0 aliphatic heterocycles. The fourth-order valence-corrected chi connectivity index (χ4v) is 3.54. The fourth-order valence-electron chi connectivity index (χ4n) is 3.30. The predicted octanol–water partition coefficient (Wildman–Crippen LogP) is 3.34. The zero-order chi connectivity index (χ0) is 14.0. The Kier molecular flexibility index (Phi) is 4.91. The zero-order valence-electron chi connectivity index (χ0n) is 12.5. The number of nitrogens with zero attached hydrogens (tertiary/aromatic N) is 2. The van der Waals surface area contributed by atoms with E-state index in [0.29, 0.717) is 6.04 Å². The first-order valence-corrected chi connectivity index (χ1v) is 7.76. The molecule has 1 aliphatic carbocycles. The highest BCUT2D eigenvalue weighted by atomic mass is 35.5. The highest BCUT2D eigenvalue weighted by Gasteiger charge is 2.27. The van der Waals surface area contributed by atoms with Crippen LogP contribution in [0.25, 0.3) is 0 Å². The van der Waals surface area contributed by atoms with E-state index in [9.17, 15) is 0 Å². The van der Waals surface area contributed by atoms with Gasteiger partial charge in [-0.2, -0.15) is 5.10 Å².